The highest BCUT2D eigenvalue weighted by Gasteiger charge is 2.31. The first-order chi connectivity index (χ1) is 9.11. The number of carbonyl (C=O) groups is 1. The molecule has 1 amide bonds. The smallest absolute Gasteiger partial charge is 0.410 e. The fourth-order valence-electron chi connectivity index (χ4n) is 2.20. The van der Waals surface area contributed by atoms with E-state index >= 15 is 0 Å². The summed E-state index contributed by atoms with van der Waals surface area (Å²) in [4.78, 5) is 13.6. The van der Waals surface area contributed by atoms with Gasteiger partial charge in [-0.25, -0.2) is 4.79 Å². The van der Waals surface area contributed by atoms with Gasteiger partial charge in [0.15, 0.2) is 0 Å². The van der Waals surface area contributed by atoms with Crippen molar-refractivity contribution in [2.45, 2.75) is 32.9 Å². The van der Waals surface area contributed by atoms with Gasteiger partial charge in [-0.3, -0.25) is 0 Å². The second kappa shape index (κ2) is 6.06. The van der Waals surface area contributed by atoms with Gasteiger partial charge >= 0.3 is 6.09 Å². The van der Waals surface area contributed by atoms with Crippen LogP contribution in [0.1, 0.15) is 31.1 Å². The topological polar surface area (TPSA) is 38.8 Å². The lowest BCUT2D eigenvalue weighted by molar-refractivity contribution is -0.0547. The summed E-state index contributed by atoms with van der Waals surface area (Å²) < 4.78 is 10.9. The van der Waals surface area contributed by atoms with Crippen molar-refractivity contribution >= 4 is 6.09 Å². The van der Waals surface area contributed by atoms with Gasteiger partial charge in [-0.15, -0.1) is 0 Å². The van der Waals surface area contributed by atoms with E-state index in [0.29, 0.717) is 19.8 Å². The van der Waals surface area contributed by atoms with E-state index in [-0.39, 0.29) is 18.2 Å². The van der Waals surface area contributed by atoms with E-state index < -0.39 is 0 Å². The molecule has 0 saturated carbocycles. The minimum Gasteiger partial charge on any atom is -0.450 e. The molecule has 1 aromatic rings. The molecular formula is C15H21NO3. The second-order valence-electron chi connectivity index (χ2n) is 4.93. The predicted molar refractivity (Wildman–Crippen MR) is 73.1 cm³/mol. The average Bonchev–Trinajstić information content (AvgIpc) is 2.40. The zero-order valence-electron chi connectivity index (χ0n) is 11.8. The molecule has 0 bridgehead atoms. The Balaban J connectivity index is 2.08. The third kappa shape index (κ3) is 3.26. The molecule has 0 aromatic heterocycles. The van der Waals surface area contributed by atoms with Crippen LogP contribution < -0.4 is 0 Å². The Morgan fingerprint density at radius 1 is 1.42 bits per heavy atom. The number of ether oxygens (including phenoxy) is 2. The van der Waals surface area contributed by atoms with Gasteiger partial charge in [0.25, 0.3) is 0 Å². The van der Waals surface area contributed by atoms with E-state index in [2.05, 4.69) is 31.2 Å². The Morgan fingerprint density at radius 3 is 2.74 bits per heavy atom. The molecule has 2 unspecified atom stereocenters. The molecule has 1 heterocycles. The molecule has 1 aromatic carbocycles. The SMILES string of the molecule is CCOC(=O)N1CC(c2ccc(C)cc2)OCC1C. The summed E-state index contributed by atoms with van der Waals surface area (Å²) in [6.07, 6.45) is -0.323. The van der Waals surface area contributed by atoms with Crippen molar-refractivity contribution in [3.8, 4) is 0 Å². The van der Waals surface area contributed by atoms with Gasteiger partial charge in [0.2, 0.25) is 0 Å². The quantitative estimate of drug-likeness (QED) is 0.823. The number of rotatable bonds is 2. The first-order valence-electron chi connectivity index (χ1n) is 6.73. The maximum atomic E-state index is 11.9. The van der Waals surface area contributed by atoms with Crippen LogP contribution in [0, 0.1) is 6.92 Å². The van der Waals surface area contributed by atoms with Gasteiger partial charge in [0.1, 0.15) is 6.10 Å². The highest BCUT2D eigenvalue weighted by molar-refractivity contribution is 5.68. The summed E-state index contributed by atoms with van der Waals surface area (Å²) >= 11 is 0. The lowest BCUT2D eigenvalue weighted by Crippen LogP contribution is -2.48. The number of carbonyl (C=O) groups excluding carboxylic acids is 1. The van der Waals surface area contributed by atoms with Crippen LogP contribution in [0.2, 0.25) is 0 Å². The van der Waals surface area contributed by atoms with E-state index in [1.54, 1.807) is 4.90 Å². The van der Waals surface area contributed by atoms with E-state index in [4.69, 9.17) is 9.47 Å². The Bertz CT molecular complexity index is 430. The number of morpholine rings is 1. The van der Waals surface area contributed by atoms with Crippen LogP contribution in [0.25, 0.3) is 0 Å². The second-order valence-corrected chi connectivity index (χ2v) is 4.93. The highest BCUT2D eigenvalue weighted by atomic mass is 16.6. The zero-order valence-corrected chi connectivity index (χ0v) is 11.8. The Morgan fingerprint density at radius 2 is 2.11 bits per heavy atom. The van der Waals surface area contributed by atoms with E-state index in [0.717, 1.165) is 5.56 Å². The first-order valence-corrected chi connectivity index (χ1v) is 6.73. The van der Waals surface area contributed by atoms with Crippen molar-refractivity contribution < 1.29 is 14.3 Å². The summed E-state index contributed by atoms with van der Waals surface area (Å²) in [7, 11) is 0. The van der Waals surface area contributed by atoms with Crippen LogP contribution in [-0.4, -0.2) is 36.8 Å². The van der Waals surface area contributed by atoms with Crippen molar-refractivity contribution in [1.82, 2.24) is 4.90 Å². The number of nitrogens with zero attached hydrogens (tertiary/aromatic N) is 1. The highest BCUT2D eigenvalue weighted by Crippen LogP contribution is 2.25. The van der Waals surface area contributed by atoms with Crippen LogP contribution in [0.4, 0.5) is 4.79 Å². The molecule has 4 nitrogen and oxygen atoms in total. The molecule has 0 aliphatic carbocycles. The third-order valence-corrected chi connectivity index (χ3v) is 3.38. The first kappa shape index (κ1) is 13.9. The maximum absolute atomic E-state index is 11.9. The number of amides is 1. The Labute approximate surface area is 114 Å². The fourth-order valence-corrected chi connectivity index (χ4v) is 2.20. The number of hydrogen-bond acceptors (Lipinski definition) is 3. The summed E-state index contributed by atoms with van der Waals surface area (Å²) in [5.41, 5.74) is 2.32. The molecule has 1 fully saturated rings. The average molecular weight is 263 g/mol. The maximum Gasteiger partial charge on any atom is 0.410 e. The van der Waals surface area contributed by atoms with Gasteiger partial charge in [-0.1, -0.05) is 29.8 Å². The lowest BCUT2D eigenvalue weighted by Gasteiger charge is -2.37. The summed E-state index contributed by atoms with van der Waals surface area (Å²) in [6.45, 7) is 7.33. The molecule has 1 saturated heterocycles. The van der Waals surface area contributed by atoms with E-state index in [1.165, 1.54) is 5.56 Å². The molecule has 1 aliphatic rings. The van der Waals surface area contributed by atoms with Gasteiger partial charge in [-0.05, 0) is 26.3 Å². The normalized spacial score (nSPS) is 23.2. The standard InChI is InChI=1S/C15H21NO3/c1-4-18-15(17)16-9-14(19-10-12(16)3)13-7-5-11(2)6-8-13/h5-8,12,14H,4,9-10H2,1-3H3. The van der Waals surface area contributed by atoms with Crippen molar-refractivity contribution in [2.24, 2.45) is 0 Å². The zero-order chi connectivity index (χ0) is 13.8. The fraction of sp³-hybridized carbons (Fsp3) is 0.533. The lowest BCUT2D eigenvalue weighted by atomic mass is 10.0. The molecule has 0 N–H and O–H groups in total. The largest absolute Gasteiger partial charge is 0.450 e. The van der Waals surface area contributed by atoms with E-state index in [1.807, 2.05) is 13.8 Å². The van der Waals surface area contributed by atoms with Gasteiger partial charge in [-0.2, -0.15) is 0 Å². The minimum absolute atomic E-state index is 0.0562. The molecule has 0 spiro atoms. The molecule has 19 heavy (non-hydrogen) atoms. The molecule has 104 valence electrons. The minimum atomic E-state index is -0.254. The van der Waals surface area contributed by atoms with Gasteiger partial charge < -0.3 is 14.4 Å². The molecule has 4 heteroatoms. The van der Waals surface area contributed by atoms with E-state index in [9.17, 15) is 4.79 Å². The number of benzene rings is 1. The van der Waals surface area contributed by atoms with Crippen molar-refractivity contribution in [2.75, 3.05) is 19.8 Å². The molecular weight excluding hydrogens is 242 g/mol. The molecule has 2 rings (SSSR count). The number of aryl methyl sites for hydroxylation is 1. The van der Waals surface area contributed by atoms with Crippen LogP contribution in [0.3, 0.4) is 0 Å². The Kier molecular flexibility index (Phi) is 4.43. The monoisotopic (exact) mass is 263 g/mol. The van der Waals surface area contributed by atoms with Crippen LogP contribution in [0.15, 0.2) is 24.3 Å². The number of hydrogen-bond donors (Lipinski definition) is 0. The molecule has 2 atom stereocenters. The third-order valence-electron chi connectivity index (χ3n) is 3.38. The predicted octanol–water partition coefficient (Wildman–Crippen LogP) is 2.91. The summed E-state index contributed by atoms with van der Waals surface area (Å²) in [6, 6.07) is 8.29. The molecule has 1 aliphatic heterocycles. The molecule has 0 radical (unpaired) electrons. The van der Waals surface area contributed by atoms with Gasteiger partial charge in [0, 0.05) is 0 Å². The Hall–Kier alpha value is -1.55. The van der Waals surface area contributed by atoms with Crippen LogP contribution in [0.5, 0.6) is 0 Å². The summed E-state index contributed by atoms with van der Waals surface area (Å²) in [5.74, 6) is 0. The van der Waals surface area contributed by atoms with Gasteiger partial charge in [0.05, 0.1) is 25.8 Å². The van der Waals surface area contributed by atoms with Crippen molar-refractivity contribution in [3.63, 3.8) is 0 Å². The van der Waals surface area contributed by atoms with Crippen LogP contribution >= 0.6 is 0 Å². The summed E-state index contributed by atoms with van der Waals surface area (Å²) in [5, 5.41) is 0. The van der Waals surface area contributed by atoms with Crippen LogP contribution in [-0.2, 0) is 9.47 Å². The van der Waals surface area contributed by atoms with Crippen molar-refractivity contribution in [1.29, 1.82) is 0 Å². The van der Waals surface area contributed by atoms with Crippen molar-refractivity contribution in [3.05, 3.63) is 35.4 Å².